The van der Waals surface area contributed by atoms with Gasteiger partial charge in [0.2, 0.25) is 0 Å². The van der Waals surface area contributed by atoms with E-state index < -0.39 is 6.09 Å². The van der Waals surface area contributed by atoms with E-state index >= 15 is 0 Å². The summed E-state index contributed by atoms with van der Waals surface area (Å²) in [5.74, 6) is 2.62. The quantitative estimate of drug-likeness (QED) is 0.856. The van der Waals surface area contributed by atoms with Gasteiger partial charge < -0.3 is 9.67 Å². The van der Waals surface area contributed by atoms with Gasteiger partial charge in [0.15, 0.2) is 0 Å². The first-order valence-electron chi connectivity index (χ1n) is 7.29. The summed E-state index contributed by atoms with van der Waals surface area (Å²) in [6.45, 7) is 0.554. The average molecular weight is 297 g/mol. The van der Waals surface area contributed by atoms with Crippen molar-refractivity contribution < 1.29 is 9.90 Å². The van der Waals surface area contributed by atoms with Crippen molar-refractivity contribution in [2.45, 2.75) is 18.9 Å². The monoisotopic (exact) mass is 297 g/mol. The van der Waals surface area contributed by atoms with Crippen molar-refractivity contribution >= 4 is 22.7 Å². The van der Waals surface area contributed by atoms with Crippen molar-refractivity contribution in [3.05, 3.63) is 29.5 Å². The number of aryl methyl sites for hydroxylation is 2. The van der Waals surface area contributed by atoms with Gasteiger partial charge in [0.1, 0.15) is 0 Å². The second-order valence-electron chi connectivity index (χ2n) is 5.64. The number of nitrogens with zero attached hydrogens (tertiary/aromatic N) is 2. The van der Waals surface area contributed by atoms with Crippen LogP contribution >= 0.6 is 0 Å². The normalized spacial score (nSPS) is 16.5. The molecule has 1 aliphatic carbocycles. The van der Waals surface area contributed by atoms with Crippen LogP contribution in [0.4, 0.5) is 10.5 Å². The van der Waals surface area contributed by atoms with E-state index in [0.29, 0.717) is 12.2 Å². The van der Waals surface area contributed by atoms with Crippen LogP contribution in [0.1, 0.15) is 23.7 Å². The number of hydrogen-bond acceptors (Lipinski definition) is 2. The average Bonchev–Trinajstić information content (AvgIpc) is 3.04. The number of nitrogens with one attached hydrogen (secondary N) is 1. The van der Waals surface area contributed by atoms with Gasteiger partial charge in [0.05, 0.1) is 6.54 Å². The van der Waals surface area contributed by atoms with Crippen molar-refractivity contribution in [1.29, 1.82) is 0 Å². The summed E-state index contributed by atoms with van der Waals surface area (Å²) in [7, 11) is 3.61. The van der Waals surface area contributed by atoms with Crippen LogP contribution < -0.4 is 10.2 Å². The SMILES string of the molecule is C#CCNC1CCc2c1n(C)c1ccc(N(C)C(=O)O)cc21. The lowest BCUT2D eigenvalue weighted by Crippen LogP contribution is -2.23. The van der Waals surface area contributed by atoms with Gasteiger partial charge in [0, 0.05) is 42.4 Å². The first kappa shape index (κ1) is 14.5. The Morgan fingerprint density at radius 1 is 1.59 bits per heavy atom. The van der Waals surface area contributed by atoms with E-state index in [1.807, 2.05) is 18.2 Å². The van der Waals surface area contributed by atoms with Crippen molar-refractivity contribution in [3.8, 4) is 12.3 Å². The molecule has 1 aromatic carbocycles. The molecule has 0 saturated heterocycles. The molecule has 0 aliphatic heterocycles. The third kappa shape index (κ3) is 2.13. The van der Waals surface area contributed by atoms with Gasteiger partial charge in [-0.1, -0.05) is 5.92 Å². The number of carbonyl (C=O) groups is 1. The summed E-state index contributed by atoms with van der Waals surface area (Å²) < 4.78 is 2.19. The lowest BCUT2D eigenvalue weighted by molar-refractivity contribution is 0.203. The molecule has 0 fully saturated rings. The van der Waals surface area contributed by atoms with Crippen LogP contribution in [0.15, 0.2) is 18.2 Å². The van der Waals surface area contributed by atoms with Crippen LogP contribution in [0.5, 0.6) is 0 Å². The molecule has 0 saturated carbocycles. The molecule has 0 radical (unpaired) electrons. The Morgan fingerprint density at radius 2 is 2.36 bits per heavy atom. The van der Waals surface area contributed by atoms with Gasteiger partial charge in [-0.3, -0.25) is 10.2 Å². The maximum atomic E-state index is 11.1. The molecule has 22 heavy (non-hydrogen) atoms. The number of hydrogen-bond donors (Lipinski definition) is 2. The summed E-state index contributed by atoms with van der Waals surface area (Å²) in [6.07, 6.45) is 6.39. The number of amides is 1. The largest absolute Gasteiger partial charge is 0.465 e. The summed E-state index contributed by atoms with van der Waals surface area (Å²) in [4.78, 5) is 12.4. The highest BCUT2D eigenvalue weighted by molar-refractivity contribution is 5.93. The number of terminal acetylenes is 1. The molecule has 1 aliphatic rings. The topological polar surface area (TPSA) is 57.5 Å². The highest BCUT2D eigenvalue weighted by Crippen LogP contribution is 2.39. The first-order chi connectivity index (χ1) is 10.5. The predicted molar refractivity (Wildman–Crippen MR) is 87.2 cm³/mol. The summed E-state index contributed by atoms with van der Waals surface area (Å²) >= 11 is 0. The zero-order valence-electron chi connectivity index (χ0n) is 12.8. The van der Waals surface area contributed by atoms with Crippen LogP contribution in [0.2, 0.25) is 0 Å². The van der Waals surface area contributed by atoms with Crippen LogP contribution in [0, 0.1) is 12.3 Å². The first-order valence-corrected chi connectivity index (χ1v) is 7.29. The van der Waals surface area contributed by atoms with E-state index in [2.05, 4.69) is 22.9 Å². The van der Waals surface area contributed by atoms with Crippen LogP contribution in [-0.4, -0.2) is 29.4 Å². The van der Waals surface area contributed by atoms with Crippen molar-refractivity contribution in [1.82, 2.24) is 9.88 Å². The number of fused-ring (bicyclic) bond motifs is 3. The maximum absolute atomic E-state index is 11.1. The van der Waals surface area contributed by atoms with Crippen LogP contribution in [0.25, 0.3) is 10.9 Å². The number of aromatic nitrogens is 1. The van der Waals surface area contributed by atoms with Gasteiger partial charge >= 0.3 is 6.09 Å². The molecule has 0 spiro atoms. The van der Waals surface area contributed by atoms with E-state index in [4.69, 9.17) is 11.5 Å². The van der Waals surface area contributed by atoms with E-state index in [-0.39, 0.29) is 6.04 Å². The van der Waals surface area contributed by atoms with Crippen LogP contribution in [0.3, 0.4) is 0 Å². The molecule has 1 heterocycles. The number of carboxylic acid groups (broad SMARTS) is 1. The molecule has 3 rings (SSSR count). The molecule has 1 amide bonds. The van der Waals surface area contributed by atoms with Crippen molar-refractivity contribution in [2.24, 2.45) is 7.05 Å². The fourth-order valence-corrected chi connectivity index (χ4v) is 3.36. The van der Waals surface area contributed by atoms with E-state index in [0.717, 1.165) is 23.7 Å². The number of rotatable bonds is 3. The second kappa shape index (κ2) is 5.39. The van der Waals surface area contributed by atoms with Crippen molar-refractivity contribution in [2.75, 3.05) is 18.5 Å². The highest BCUT2D eigenvalue weighted by atomic mass is 16.4. The highest BCUT2D eigenvalue weighted by Gasteiger charge is 2.28. The zero-order chi connectivity index (χ0) is 15.9. The molecule has 0 bridgehead atoms. The van der Waals surface area contributed by atoms with Gasteiger partial charge in [-0.2, -0.15) is 0 Å². The number of anilines is 1. The molecule has 1 atom stereocenters. The van der Waals surface area contributed by atoms with Gasteiger partial charge in [0.25, 0.3) is 0 Å². The minimum atomic E-state index is -0.958. The zero-order valence-corrected chi connectivity index (χ0v) is 12.8. The Kier molecular flexibility index (Phi) is 3.55. The van der Waals surface area contributed by atoms with E-state index in [1.54, 1.807) is 7.05 Å². The van der Waals surface area contributed by atoms with Gasteiger partial charge in [-0.25, -0.2) is 4.79 Å². The smallest absolute Gasteiger partial charge is 0.411 e. The Labute approximate surface area is 129 Å². The lowest BCUT2D eigenvalue weighted by Gasteiger charge is -2.14. The molecular formula is C17H19N3O2. The second-order valence-corrected chi connectivity index (χ2v) is 5.64. The Bertz CT molecular complexity index is 785. The summed E-state index contributed by atoms with van der Waals surface area (Å²) in [5, 5.41) is 13.7. The minimum Gasteiger partial charge on any atom is -0.465 e. The third-order valence-electron chi connectivity index (χ3n) is 4.47. The Hall–Kier alpha value is -2.45. The van der Waals surface area contributed by atoms with Crippen LogP contribution in [-0.2, 0) is 13.5 Å². The summed E-state index contributed by atoms with van der Waals surface area (Å²) in [5.41, 5.74) is 4.38. The molecule has 114 valence electrons. The molecule has 1 aromatic heterocycles. The predicted octanol–water partition coefficient (Wildman–Crippen LogP) is 2.50. The standard InChI is InChI=1S/C17H19N3O2/c1-4-9-18-14-7-6-12-13-10-11(19(2)17(21)22)5-8-15(13)20(3)16(12)14/h1,5,8,10,14,18H,6-7,9H2,2-3H3,(H,21,22). The maximum Gasteiger partial charge on any atom is 0.411 e. The molecule has 1 unspecified atom stereocenters. The molecule has 2 aromatic rings. The molecule has 5 nitrogen and oxygen atoms in total. The third-order valence-corrected chi connectivity index (χ3v) is 4.47. The summed E-state index contributed by atoms with van der Waals surface area (Å²) in [6, 6.07) is 6.06. The molecule has 2 N–H and O–H groups in total. The van der Waals surface area contributed by atoms with Gasteiger partial charge in [-0.05, 0) is 36.6 Å². The molecule has 5 heteroatoms. The molecular weight excluding hydrogens is 278 g/mol. The fraction of sp³-hybridized carbons (Fsp3) is 0.353. The Morgan fingerprint density at radius 3 is 3.05 bits per heavy atom. The lowest BCUT2D eigenvalue weighted by atomic mass is 10.1. The minimum absolute atomic E-state index is 0.268. The van der Waals surface area contributed by atoms with E-state index in [1.165, 1.54) is 16.2 Å². The van der Waals surface area contributed by atoms with Crippen molar-refractivity contribution in [3.63, 3.8) is 0 Å². The fourth-order valence-electron chi connectivity index (χ4n) is 3.36. The Balaban J connectivity index is 2.08. The van der Waals surface area contributed by atoms with E-state index in [9.17, 15) is 4.79 Å². The van der Waals surface area contributed by atoms with Gasteiger partial charge in [-0.15, -0.1) is 6.42 Å². The number of benzene rings is 1.